The monoisotopic (exact) mass is 524 g/mol. The van der Waals surface area contributed by atoms with Crippen LogP contribution in [0.2, 0.25) is 0 Å². The molecule has 7 heteroatoms. The first-order valence-electron chi connectivity index (χ1n) is 13.0. The zero-order valence-electron chi connectivity index (χ0n) is 23.2. The molecule has 1 aliphatic carbocycles. The molecular formula is C30H40N2O4S. The fourth-order valence-corrected chi connectivity index (χ4v) is 7.00. The van der Waals surface area contributed by atoms with Crippen LogP contribution in [0.1, 0.15) is 74.8 Å². The third-order valence-electron chi connectivity index (χ3n) is 7.84. The Morgan fingerprint density at radius 1 is 1.27 bits per heavy atom. The average molecular weight is 525 g/mol. The molecule has 2 atom stereocenters. The number of nitrogens with zero attached hydrogens (tertiary/aromatic N) is 2. The molecule has 200 valence electrons. The van der Waals surface area contributed by atoms with Crippen LogP contribution >= 0.6 is 10.7 Å². The van der Waals surface area contributed by atoms with Gasteiger partial charge < -0.3 is 18.9 Å². The molecule has 0 saturated carbocycles. The molecule has 4 rings (SSSR count). The summed E-state index contributed by atoms with van der Waals surface area (Å²) < 4.78 is 13.5. The molecule has 1 unspecified atom stereocenters. The maximum absolute atomic E-state index is 12.1. The van der Waals surface area contributed by atoms with E-state index in [9.17, 15) is 9.90 Å². The van der Waals surface area contributed by atoms with Crippen molar-refractivity contribution in [3.63, 3.8) is 0 Å². The summed E-state index contributed by atoms with van der Waals surface area (Å²) >= 11 is 0. The van der Waals surface area contributed by atoms with Crippen LogP contribution in [-0.4, -0.2) is 48.5 Å². The number of fused-ring (bicyclic) bond motifs is 3. The minimum absolute atomic E-state index is 0.00675. The highest BCUT2D eigenvalue weighted by atomic mass is 32.2. The van der Waals surface area contributed by atoms with Crippen LogP contribution in [-0.2, 0) is 16.0 Å². The van der Waals surface area contributed by atoms with E-state index >= 15 is 0 Å². The summed E-state index contributed by atoms with van der Waals surface area (Å²) in [6.45, 7) is 9.41. The van der Waals surface area contributed by atoms with Crippen LogP contribution in [0.15, 0.2) is 24.4 Å². The summed E-state index contributed by atoms with van der Waals surface area (Å²) in [4.78, 5) is 16.7. The highest BCUT2D eigenvalue weighted by molar-refractivity contribution is 8.15. The van der Waals surface area contributed by atoms with Crippen molar-refractivity contribution >= 4 is 33.3 Å². The largest absolute Gasteiger partial charge is 0.481 e. The van der Waals surface area contributed by atoms with E-state index in [1.165, 1.54) is 11.1 Å². The Morgan fingerprint density at radius 3 is 2.62 bits per heavy atom. The van der Waals surface area contributed by atoms with E-state index in [0.717, 1.165) is 59.2 Å². The highest BCUT2D eigenvalue weighted by Crippen LogP contribution is 2.54. The van der Waals surface area contributed by atoms with Crippen molar-refractivity contribution in [2.45, 2.75) is 65.8 Å². The lowest BCUT2D eigenvalue weighted by molar-refractivity contribution is -0.136. The van der Waals surface area contributed by atoms with Gasteiger partial charge in [-0.25, -0.2) is 4.98 Å². The zero-order chi connectivity index (χ0) is 26.9. The summed E-state index contributed by atoms with van der Waals surface area (Å²) in [7, 11) is 3.18. The maximum atomic E-state index is 12.1. The number of carboxylic acid groups (broad SMARTS) is 1. The Hall–Kier alpha value is -2.64. The van der Waals surface area contributed by atoms with Gasteiger partial charge >= 0.3 is 5.97 Å². The first-order valence-corrected chi connectivity index (χ1v) is 14.6. The van der Waals surface area contributed by atoms with Crippen LogP contribution in [0.3, 0.4) is 0 Å². The molecule has 2 aliphatic rings. The number of allylic oxidation sites excluding steroid dienone is 2. The number of carbonyl (C=O) groups is 1. The lowest BCUT2D eigenvalue weighted by atomic mass is 9.75. The number of aromatic nitrogens is 1. The van der Waals surface area contributed by atoms with E-state index < -0.39 is 5.97 Å². The predicted octanol–water partition coefficient (Wildman–Crippen LogP) is 6.82. The quantitative estimate of drug-likeness (QED) is 0.382. The predicted molar refractivity (Wildman–Crippen MR) is 155 cm³/mol. The van der Waals surface area contributed by atoms with Gasteiger partial charge in [-0.15, -0.1) is 10.7 Å². The van der Waals surface area contributed by atoms with E-state index in [1.54, 1.807) is 14.2 Å². The van der Waals surface area contributed by atoms with E-state index in [4.69, 9.17) is 9.47 Å². The number of rotatable bonds is 8. The van der Waals surface area contributed by atoms with Gasteiger partial charge in [0, 0.05) is 37.1 Å². The molecule has 2 heterocycles. The second-order valence-electron chi connectivity index (χ2n) is 10.8. The molecule has 0 amide bonds. The van der Waals surface area contributed by atoms with Gasteiger partial charge in [0.2, 0.25) is 5.88 Å². The lowest BCUT2D eigenvalue weighted by Crippen LogP contribution is -2.30. The van der Waals surface area contributed by atoms with Crippen LogP contribution in [0.25, 0.3) is 16.7 Å². The number of carboxylic acids is 1. The van der Waals surface area contributed by atoms with Gasteiger partial charge in [0.05, 0.1) is 25.3 Å². The highest BCUT2D eigenvalue weighted by Gasteiger charge is 2.36. The second kappa shape index (κ2) is 11.0. The van der Waals surface area contributed by atoms with Gasteiger partial charge in [-0.2, -0.15) is 0 Å². The molecule has 6 nitrogen and oxygen atoms in total. The number of anilines is 1. The normalized spacial score (nSPS) is 19.2. The number of benzene rings is 1. The zero-order valence-corrected chi connectivity index (χ0v) is 24.0. The topological polar surface area (TPSA) is 71.9 Å². The van der Waals surface area contributed by atoms with Crippen molar-refractivity contribution < 1.29 is 19.4 Å². The second-order valence-corrected chi connectivity index (χ2v) is 12.7. The maximum Gasteiger partial charge on any atom is 0.307 e. The third kappa shape index (κ3) is 5.34. The van der Waals surface area contributed by atoms with Crippen molar-refractivity contribution in [1.29, 1.82) is 0 Å². The summed E-state index contributed by atoms with van der Waals surface area (Å²) in [6.07, 6.45) is 10.3. The van der Waals surface area contributed by atoms with Crippen LogP contribution in [0.4, 0.5) is 5.69 Å². The first kappa shape index (κ1) is 27.4. The van der Waals surface area contributed by atoms with Crippen LogP contribution < -0.4 is 9.04 Å². The molecule has 0 radical (unpaired) electrons. The number of hydrogen-bond donors (Lipinski definition) is 1. The van der Waals surface area contributed by atoms with Crippen molar-refractivity contribution in [3.05, 3.63) is 46.7 Å². The average Bonchev–Trinajstić information content (AvgIpc) is 2.87. The molecule has 1 N–H and O–H groups in total. The smallest absolute Gasteiger partial charge is 0.307 e. The lowest BCUT2D eigenvalue weighted by Gasteiger charge is -2.43. The Balaban J connectivity index is 2.04. The molecule has 2 aromatic rings. The number of hydrogen-bond acceptors (Lipinski definition) is 5. The Bertz CT molecular complexity index is 1260. The van der Waals surface area contributed by atoms with E-state index in [-0.39, 0.29) is 28.5 Å². The van der Waals surface area contributed by atoms with Crippen LogP contribution in [0.5, 0.6) is 5.88 Å². The number of ether oxygens (including phenoxy) is 2. The minimum Gasteiger partial charge on any atom is -0.481 e. The van der Waals surface area contributed by atoms with Gasteiger partial charge in [0.1, 0.15) is 0 Å². The molecule has 0 fully saturated rings. The molecule has 37 heavy (non-hydrogen) atoms. The minimum atomic E-state index is -0.802. The Kier molecular flexibility index (Phi) is 8.14. The van der Waals surface area contributed by atoms with Crippen LogP contribution in [0, 0.1) is 12.3 Å². The fourth-order valence-electron chi connectivity index (χ4n) is 5.63. The summed E-state index contributed by atoms with van der Waals surface area (Å²) in [5, 5.41) is 12.2. The van der Waals surface area contributed by atoms with Crippen molar-refractivity contribution in [2.75, 3.05) is 31.4 Å². The summed E-state index contributed by atoms with van der Waals surface area (Å²) in [5.41, 5.74) is 9.06. The van der Waals surface area contributed by atoms with Crippen molar-refractivity contribution in [2.24, 2.45) is 5.41 Å². The number of aliphatic carboxylic acids is 1. The summed E-state index contributed by atoms with van der Waals surface area (Å²) in [5.74, 6) is -0.207. The number of pyridine rings is 1. The molecule has 1 aliphatic heterocycles. The molecule has 0 saturated heterocycles. The van der Waals surface area contributed by atoms with Gasteiger partial charge in [0.15, 0.2) is 0 Å². The van der Waals surface area contributed by atoms with Gasteiger partial charge in [0.25, 0.3) is 0 Å². The summed E-state index contributed by atoms with van der Waals surface area (Å²) in [6, 6.07) is 4.35. The van der Waals surface area contributed by atoms with Crippen molar-refractivity contribution in [1.82, 2.24) is 4.98 Å². The van der Waals surface area contributed by atoms with Crippen molar-refractivity contribution in [3.8, 4) is 17.0 Å². The molecule has 1 aromatic carbocycles. The third-order valence-corrected chi connectivity index (χ3v) is 9.58. The van der Waals surface area contributed by atoms with E-state index in [2.05, 4.69) is 66.8 Å². The SMILES string of the molecule is C/C=S(/C)N1c2c(cc(C3=CCC(C)(C)CC3)c(CC(=O)O)c2C)-c2cnc(OC)cc2[C@@H]1CCOC. The standard InChI is InChI=1S/C30H40N2O4S/c1-8-37(7)32-26(11-14-35-5)23-16-27(36-6)31-18-25(23)24-15-22(20-9-12-30(3,4)13-10-20)21(17-28(33)34)19(2)29(24)32/h8-9,15-16,18,26H,10-14,17H2,1-7H3,(H,33,34)/t26-,37?/m0/s1. The molecule has 0 bridgehead atoms. The van der Waals surface area contributed by atoms with E-state index in [0.29, 0.717) is 12.5 Å². The van der Waals surface area contributed by atoms with E-state index in [1.807, 2.05) is 6.20 Å². The molecular weight excluding hydrogens is 484 g/mol. The fraction of sp³-hybridized carbons (Fsp3) is 0.500. The molecule has 1 aromatic heterocycles. The Labute approximate surface area is 223 Å². The van der Waals surface area contributed by atoms with Gasteiger partial charge in [-0.1, -0.05) is 19.9 Å². The Morgan fingerprint density at radius 2 is 2.03 bits per heavy atom. The molecule has 0 spiro atoms. The number of methoxy groups -OCH3 is 2. The first-order chi connectivity index (χ1) is 17.6. The van der Waals surface area contributed by atoms with Gasteiger partial charge in [-0.05, 0) is 90.5 Å². The van der Waals surface area contributed by atoms with Gasteiger partial charge in [-0.3, -0.25) is 4.79 Å².